The third kappa shape index (κ3) is 5.26. The molecule has 3 aliphatic rings. The summed E-state index contributed by atoms with van der Waals surface area (Å²) in [7, 11) is -3.03. The Hall–Kier alpha value is -3.85. The number of H-pyrrole nitrogens is 1. The zero-order chi connectivity index (χ0) is 32.3. The van der Waals surface area contributed by atoms with E-state index in [-0.39, 0.29) is 23.7 Å². The number of anilines is 1. The maximum absolute atomic E-state index is 14.4. The minimum Gasteiger partial charge on any atom is -0.468 e. The summed E-state index contributed by atoms with van der Waals surface area (Å²) in [6.45, 7) is 3.08. The Morgan fingerprint density at radius 2 is 2.00 bits per heavy atom. The molecule has 16 heteroatoms. The quantitative estimate of drug-likeness (QED) is 0.176. The molecule has 4 aromatic rings. The molecule has 2 aromatic heterocycles. The number of nitrogen functional groups attached to an aromatic ring is 1. The Balaban J connectivity index is 1.22. The molecule has 6 atom stereocenters. The summed E-state index contributed by atoms with van der Waals surface area (Å²) < 4.78 is 52.8. The Kier molecular flexibility index (Phi) is 7.66. The van der Waals surface area contributed by atoms with Crippen LogP contribution in [0.5, 0.6) is 5.75 Å². The molecule has 1 aliphatic carbocycles. The van der Waals surface area contributed by atoms with Gasteiger partial charge in [0.05, 0.1) is 20.0 Å². The number of ether oxygens (including phenoxy) is 4. The fraction of sp³-hybridized carbons (Fsp3) is 0.467. The lowest BCUT2D eigenvalue weighted by molar-refractivity contribution is -0.231. The molecule has 3 fully saturated rings. The van der Waals surface area contributed by atoms with E-state index in [1.807, 2.05) is 37.3 Å². The average molecular weight is 655 g/mol. The van der Waals surface area contributed by atoms with Crippen molar-refractivity contribution in [3.63, 3.8) is 0 Å². The smallest absolute Gasteiger partial charge is 0.459 e. The van der Waals surface area contributed by atoms with Gasteiger partial charge in [-0.05, 0) is 38.1 Å². The van der Waals surface area contributed by atoms with E-state index in [1.165, 1.54) is 20.4 Å². The highest BCUT2D eigenvalue weighted by atomic mass is 31.2. The number of hydrogen-bond donors (Lipinski definition) is 3. The minimum atomic E-state index is -4.27. The molecule has 2 saturated heterocycles. The van der Waals surface area contributed by atoms with Gasteiger partial charge >= 0.3 is 13.7 Å². The number of esters is 1. The number of nitrogens with one attached hydrogen (secondary N) is 2. The summed E-state index contributed by atoms with van der Waals surface area (Å²) in [4.78, 5) is 35.9. The van der Waals surface area contributed by atoms with E-state index in [1.54, 1.807) is 16.7 Å². The summed E-state index contributed by atoms with van der Waals surface area (Å²) in [5.41, 5.74) is 4.59. The number of aromatic amines is 1. The van der Waals surface area contributed by atoms with Crippen molar-refractivity contribution in [1.82, 2.24) is 24.6 Å². The zero-order valence-electron chi connectivity index (χ0n) is 25.5. The second kappa shape index (κ2) is 11.4. The second-order valence-electron chi connectivity index (χ2n) is 12.0. The highest BCUT2D eigenvalue weighted by molar-refractivity contribution is 7.52. The molecular weight excluding hydrogens is 619 g/mol. The van der Waals surface area contributed by atoms with Crippen LogP contribution >= 0.6 is 7.75 Å². The van der Waals surface area contributed by atoms with E-state index in [0.29, 0.717) is 24.0 Å². The zero-order valence-corrected chi connectivity index (χ0v) is 26.4. The molecule has 2 aromatic carbocycles. The van der Waals surface area contributed by atoms with Crippen LogP contribution in [0.3, 0.4) is 0 Å². The summed E-state index contributed by atoms with van der Waals surface area (Å²) in [5, 5.41) is 4.28. The highest BCUT2D eigenvalue weighted by Crippen LogP contribution is 2.56. The van der Waals surface area contributed by atoms with Gasteiger partial charge in [0.15, 0.2) is 23.2 Å². The molecule has 0 radical (unpaired) electrons. The summed E-state index contributed by atoms with van der Waals surface area (Å²) >= 11 is 0. The molecule has 15 nitrogen and oxygen atoms in total. The number of carbonyl (C=O) groups excluding carboxylic acids is 1. The van der Waals surface area contributed by atoms with Crippen molar-refractivity contribution >= 4 is 41.6 Å². The SMILES string of the molecule is COC(=O)[C@H](C)NP(=O)(OC[C@H]1O[C@@H](n2cnc3c(=O)[nH]c(N)nc32)C2(C)OC3(CCCC3)OC12)Oc1cccc2ccccc12. The van der Waals surface area contributed by atoms with E-state index in [2.05, 4.69) is 20.0 Å². The fourth-order valence-electron chi connectivity index (χ4n) is 6.69. The highest BCUT2D eigenvalue weighted by Gasteiger charge is 2.67. The summed E-state index contributed by atoms with van der Waals surface area (Å²) in [6.07, 6.45) is 2.31. The predicted molar refractivity (Wildman–Crippen MR) is 165 cm³/mol. The molecule has 0 amide bonds. The molecular formula is C30H35N6O9P. The van der Waals surface area contributed by atoms with Crippen molar-refractivity contribution in [3.05, 3.63) is 59.1 Å². The van der Waals surface area contributed by atoms with Crippen molar-refractivity contribution in [2.45, 2.75) is 75.4 Å². The first-order valence-corrected chi connectivity index (χ1v) is 16.6. The van der Waals surface area contributed by atoms with E-state index in [4.69, 9.17) is 33.7 Å². The third-order valence-corrected chi connectivity index (χ3v) is 10.4. The number of fused-ring (bicyclic) bond motifs is 3. The van der Waals surface area contributed by atoms with Gasteiger partial charge in [0.1, 0.15) is 29.6 Å². The van der Waals surface area contributed by atoms with Crippen LogP contribution in [0.15, 0.2) is 53.6 Å². The minimum absolute atomic E-state index is 0.0768. The van der Waals surface area contributed by atoms with Gasteiger partial charge in [-0.15, -0.1) is 0 Å². The largest absolute Gasteiger partial charge is 0.468 e. The van der Waals surface area contributed by atoms with Crippen molar-refractivity contribution in [3.8, 4) is 5.75 Å². The van der Waals surface area contributed by atoms with Crippen LogP contribution in [0.4, 0.5) is 5.95 Å². The summed E-state index contributed by atoms with van der Waals surface area (Å²) in [6, 6.07) is 11.8. The molecule has 2 aliphatic heterocycles. The van der Waals surface area contributed by atoms with Gasteiger partial charge in [-0.1, -0.05) is 36.4 Å². The van der Waals surface area contributed by atoms with Crippen molar-refractivity contribution < 1.29 is 37.4 Å². The number of benzene rings is 2. The number of nitrogens with two attached hydrogens (primary N) is 1. The van der Waals surface area contributed by atoms with Gasteiger partial charge < -0.3 is 29.2 Å². The van der Waals surface area contributed by atoms with Gasteiger partial charge in [0.2, 0.25) is 5.95 Å². The Bertz CT molecular complexity index is 1900. The van der Waals surface area contributed by atoms with Crippen LogP contribution in [0.25, 0.3) is 21.9 Å². The number of rotatable bonds is 9. The molecule has 4 N–H and O–H groups in total. The predicted octanol–water partition coefficient (Wildman–Crippen LogP) is 3.55. The fourth-order valence-corrected chi connectivity index (χ4v) is 8.21. The van der Waals surface area contributed by atoms with Gasteiger partial charge in [0.25, 0.3) is 5.56 Å². The number of imidazole rings is 1. The van der Waals surface area contributed by atoms with Gasteiger partial charge in [-0.25, -0.2) is 9.55 Å². The third-order valence-electron chi connectivity index (χ3n) is 8.80. The number of methoxy groups -OCH3 is 1. The van der Waals surface area contributed by atoms with Crippen LogP contribution in [-0.4, -0.2) is 68.8 Å². The standard InChI is InChI=1S/C30H35N6O9P/c1-17(26(38)40-3)35-46(39,44-20-12-8-10-18-9-4-5-11-19(18)20)41-15-21-23-29(2,45-30(43-23)13-6-7-14-30)27(42-21)36-16-32-22-24(36)33-28(31)34-25(22)37/h4-5,8-12,16-17,21,23,27H,6-7,13-15H2,1-3H3,(H,35,39)(H3,31,33,34,37)/t17-,21+,23?,27+,29?,46?/m0/s1. The summed E-state index contributed by atoms with van der Waals surface area (Å²) in [5.74, 6) is -1.27. The average Bonchev–Trinajstić information content (AvgIpc) is 3.78. The monoisotopic (exact) mass is 654 g/mol. The van der Waals surface area contributed by atoms with Crippen LogP contribution in [0, 0.1) is 0 Å². The molecule has 3 unspecified atom stereocenters. The number of nitrogens with zero attached hydrogens (tertiary/aromatic N) is 3. The molecule has 1 saturated carbocycles. The van der Waals surface area contributed by atoms with E-state index in [9.17, 15) is 14.2 Å². The second-order valence-corrected chi connectivity index (χ2v) is 13.7. The Morgan fingerprint density at radius 3 is 2.78 bits per heavy atom. The Labute approximate surface area is 263 Å². The topological polar surface area (TPSA) is 191 Å². The Morgan fingerprint density at radius 1 is 1.24 bits per heavy atom. The first-order chi connectivity index (χ1) is 22.0. The van der Waals surface area contributed by atoms with Crippen molar-refractivity contribution in [2.24, 2.45) is 0 Å². The van der Waals surface area contributed by atoms with E-state index >= 15 is 0 Å². The lowest BCUT2D eigenvalue weighted by Gasteiger charge is -2.31. The molecule has 4 heterocycles. The van der Waals surface area contributed by atoms with Crippen LogP contribution in [0.1, 0.15) is 45.8 Å². The molecule has 0 bridgehead atoms. The van der Waals surface area contributed by atoms with Crippen LogP contribution in [0.2, 0.25) is 0 Å². The first-order valence-electron chi connectivity index (χ1n) is 15.1. The van der Waals surface area contributed by atoms with Crippen LogP contribution < -0.4 is 20.9 Å². The van der Waals surface area contributed by atoms with Gasteiger partial charge in [0, 0.05) is 18.2 Å². The number of carbonyl (C=O) groups is 1. The molecule has 46 heavy (non-hydrogen) atoms. The number of hydrogen-bond acceptors (Lipinski definition) is 12. The normalized spacial score (nSPS) is 27.2. The maximum atomic E-state index is 14.4. The van der Waals surface area contributed by atoms with E-state index in [0.717, 1.165) is 18.2 Å². The lowest BCUT2D eigenvalue weighted by Crippen LogP contribution is -2.42. The molecule has 7 rings (SSSR count). The lowest BCUT2D eigenvalue weighted by atomic mass is 9.96. The van der Waals surface area contributed by atoms with Gasteiger partial charge in [-0.2, -0.15) is 10.1 Å². The first kappa shape index (κ1) is 30.8. The van der Waals surface area contributed by atoms with Crippen LogP contribution in [-0.2, 0) is 32.8 Å². The van der Waals surface area contributed by atoms with Gasteiger partial charge in [-0.3, -0.25) is 23.7 Å². The molecule has 1 spiro atoms. The van der Waals surface area contributed by atoms with Crippen molar-refractivity contribution in [1.29, 1.82) is 0 Å². The molecule has 244 valence electrons. The number of aromatic nitrogens is 4. The maximum Gasteiger partial charge on any atom is 0.459 e. The van der Waals surface area contributed by atoms with Crippen molar-refractivity contribution in [2.75, 3.05) is 19.5 Å². The van der Waals surface area contributed by atoms with E-state index < -0.39 is 55.1 Å².